The second-order valence-electron chi connectivity index (χ2n) is 5.61. The Hall–Kier alpha value is -0.300. The van der Waals surface area contributed by atoms with Crippen LogP contribution < -0.4 is 0 Å². The third kappa shape index (κ3) is 1.17. The molecule has 0 unspecified atom stereocenters. The number of aliphatic hydroxyl groups excluding tert-OH is 1. The maximum Gasteiger partial charge on any atom is 0.0636 e. The lowest BCUT2D eigenvalue weighted by Crippen LogP contribution is -2.34. The maximum absolute atomic E-state index is 10.1. The van der Waals surface area contributed by atoms with Crippen molar-refractivity contribution in [3.05, 3.63) is 12.2 Å². The lowest BCUT2D eigenvalue weighted by atomic mass is 9.66. The molecular formula is C12H20O. The van der Waals surface area contributed by atoms with Gasteiger partial charge in [-0.05, 0) is 30.6 Å². The van der Waals surface area contributed by atoms with Gasteiger partial charge in [0.2, 0.25) is 0 Å². The predicted molar refractivity (Wildman–Crippen MR) is 54.4 cm³/mol. The van der Waals surface area contributed by atoms with Gasteiger partial charge in [-0.15, -0.1) is 0 Å². The minimum atomic E-state index is -0.135. The van der Waals surface area contributed by atoms with E-state index < -0.39 is 0 Å². The van der Waals surface area contributed by atoms with Gasteiger partial charge in [-0.25, -0.2) is 0 Å². The van der Waals surface area contributed by atoms with Crippen LogP contribution in [0.4, 0.5) is 0 Å². The number of aliphatic hydroxyl groups is 1. The first kappa shape index (κ1) is 9.26. The fourth-order valence-corrected chi connectivity index (χ4v) is 3.46. The van der Waals surface area contributed by atoms with E-state index in [2.05, 4.69) is 32.9 Å². The summed E-state index contributed by atoms with van der Waals surface area (Å²) in [5, 5.41) is 10.1. The van der Waals surface area contributed by atoms with Gasteiger partial charge in [-0.2, -0.15) is 0 Å². The van der Waals surface area contributed by atoms with Crippen LogP contribution in [0.3, 0.4) is 0 Å². The summed E-state index contributed by atoms with van der Waals surface area (Å²) in [6, 6.07) is 0. The van der Waals surface area contributed by atoms with Gasteiger partial charge in [0, 0.05) is 5.41 Å². The van der Waals surface area contributed by atoms with E-state index in [0.29, 0.717) is 11.3 Å². The summed E-state index contributed by atoms with van der Waals surface area (Å²) in [5.41, 5.74) is 0.376. The van der Waals surface area contributed by atoms with Crippen molar-refractivity contribution in [2.24, 2.45) is 16.7 Å². The molecule has 0 saturated heterocycles. The van der Waals surface area contributed by atoms with Crippen LogP contribution in [-0.2, 0) is 0 Å². The minimum absolute atomic E-state index is 0.0573. The smallest absolute Gasteiger partial charge is 0.0636 e. The molecule has 1 nitrogen and oxygen atoms in total. The molecule has 1 heteroatoms. The summed E-state index contributed by atoms with van der Waals surface area (Å²) in [4.78, 5) is 0. The molecule has 0 spiro atoms. The zero-order chi connectivity index (χ0) is 9.69. The molecule has 0 aliphatic heterocycles. The van der Waals surface area contributed by atoms with Crippen molar-refractivity contribution in [1.82, 2.24) is 0 Å². The van der Waals surface area contributed by atoms with Crippen LogP contribution in [0.2, 0.25) is 0 Å². The van der Waals surface area contributed by atoms with E-state index in [1.807, 2.05) is 0 Å². The zero-order valence-corrected chi connectivity index (χ0v) is 8.88. The van der Waals surface area contributed by atoms with Gasteiger partial charge in [0.25, 0.3) is 0 Å². The zero-order valence-electron chi connectivity index (χ0n) is 8.88. The third-order valence-electron chi connectivity index (χ3n) is 4.23. The maximum atomic E-state index is 10.1. The Morgan fingerprint density at radius 1 is 1.31 bits per heavy atom. The van der Waals surface area contributed by atoms with Gasteiger partial charge in [-0.1, -0.05) is 32.9 Å². The highest BCUT2D eigenvalue weighted by atomic mass is 16.3. The Kier molecular flexibility index (Phi) is 1.85. The number of rotatable bonds is 0. The Balaban J connectivity index is 2.38. The molecule has 2 rings (SSSR count). The molecule has 13 heavy (non-hydrogen) atoms. The van der Waals surface area contributed by atoms with E-state index in [0.717, 1.165) is 6.42 Å². The fraction of sp³-hybridized carbons (Fsp3) is 0.833. The number of allylic oxidation sites excluding steroid dienone is 1. The Morgan fingerprint density at radius 2 is 2.00 bits per heavy atom. The molecule has 3 atom stereocenters. The molecule has 74 valence electrons. The molecule has 0 heterocycles. The Bertz CT molecular complexity index is 242. The number of fused-ring (bicyclic) bond motifs is 1. The van der Waals surface area contributed by atoms with Crippen molar-refractivity contribution < 1.29 is 5.11 Å². The quantitative estimate of drug-likeness (QED) is 0.568. The van der Waals surface area contributed by atoms with E-state index in [4.69, 9.17) is 0 Å². The van der Waals surface area contributed by atoms with Crippen LogP contribution in [0.25, 0.3) is 0 Å². The molecule has 2 aliphatic rings. The van der Waals surface area contributed by atoms with Gasteiger partial charge < -0.3 is 5.11 Å². The molecule has 0 aromatic carbocycles. The van der Waals surface area contributed by atoms with E-state index >= 15 is 0 Å². The number of hydrogen-bond donors (Lipinski definition) is 1. The van der Waals surface area contributed by atoms with Crippen molar-refractivity contribution >= 4 is 0 Å². The lowest BCUT2D eigenvalue weighted by molar-refractivity contribution is 0.0671. The Labute approximate surface area is 80.8 Å². The molecule has 1 fully saturated rings. The summed E-state index contributed by atoms with van der Waals surface area (Å²) in [7, 11) is 0. The molecule has 0 aromatic rings. The SMILES string of the molecule is CC1(C)C[C@@H](O)[C@@]2(C)C=CCC[C@@H]12. The molecule has 2 aliphatic carbocycles. The number of hydrogen-bond acceptors (Lipinski definition) is 1. The summed E-state index contributed by atoms with van der Waals surface area (Å²) < 4.78 is 0. The first-order valence-electron chi connectivity index (χ1n) is 5.32. The fourth-order valence-electron chi connectivity index (χ4n) is 3.46. The molecule has 1 N–H and O–H groups in total. The highest BCUT2D eigenvalue weighted by Crippen LogP contribution is 2.57. The molecule has 0 aromatic heterocycles. The second-order valence-corrected chi connectivity index (χ2v) is 5.61. The topological polar surface area (TPSA) is 20.2 Å². The highest BCUT2D eigenvalue weighted by molar-refractivity contribution is 5.16. The average Bonchev–Trinajstić information content (AvgIpc) is 2.20. The van der Waals surface area contributed by atoms with E-state index in [1.165, 1.54) is 12.8 Å². The van der Waals surface area contributed by atoms with Gasteiger partial charge >= 0.3 is 0 Å². The van der Waals surface area contributed by atoms with Crippen LogP contribution in [0.15, 0.2) is 12.2 Å². The van der Waals surface area contributed by atoms with Crippen molar-refractivity contribution in [3.63, 3.8) is 0 Å². The third-order valence-corrected chi connectivity index (χ3v) is 4.23. The predicted octanol–water partition coefficient (Wildman–Crippen LogP) is 2.75. The summed E-state index contributed by atoms with van der Waals surface area (Å²) in [5.74, 6) is 0.667. The van der Waals surface area contributed by atoms with Crippen molar-refractivity contribution in [3.8, 4) is 0 Å². The molecule has 0 bridgehead atoms. The summed E-state index contributed by atoms with van der Waals surface area (Å²) in [6.07, 6.45) is 7.75. The molecule has 0 amide bonds. The molecular weight excluding hydrogens is 160 g/mol. The highest BCUT2D eigenvalue weighted by Gasteiger charge is 2.54. The van der Waals surface area contributed by atoms with Crippen LogP contribution in [0.5, 0.6) is 0 Å². The van der Waals surface area contributed by atoms with Crippen LogP contribution in [0, 0.1) is 16.7 Å². The van der Waals surface area contributed by atoms with E-state index in [-0.39, 0.29) is 11.5 Å². The van der Waals surface area contributed by atoms with Gasteiger partial charge in [0.05, 0.1) is 6.10 Å². The van der Waals surface area contributed by atoms with Crippen LogP contribution in [-0.4, -0.2) is 11.2 Å². The van der Waals surface area contributed by atoms with Crippen molar-refractivity contribution in [2.75, 3.05) is 0 Å². The molecule has 1 saturated carbocycles. The van der Waals surface area contributed by atoms with Crippen LogP contribution >= 0.6 is 0 Å². The van der Waals surface area contributed by atoms with Gasteiger partial charge in [-0.3, -0.25) is 0 Å². The minimum Gasteiger partial charge on any atom is -0.392 e. The largest absolute Gasteiger partial charge is 0.392 e. The normalized spacial score (nSPS) is 47.7. The Morgan fingerprint density at radius 3 is 2.62 bits per heavy atom. The summed E-state index contributed by atoms with van der Waals surface area (Å²) in [6.45, 7) is 6.81. The van der Waals surface area contributed by atoms with Crippen molar-refractivity contribution in [2.45, 2.75) is 46.1 Å². The second kappa shape index (κ2) is 2.60. The lowest BCUT2D eigenvalue weighted by Gasteiger charge is -2.39. The molecule has 0 radical (unpaired) electrons. The average molecular weight is 180 g/mol. The summed E-state index contributed by atoms with van der Waals surface area (Å²) >= 11 is 0. The first-order chi connectivity index (χ1) is 5.97. The first-order valence-corrected chi connectivity index (χ1v) is 5.32. The van der Waals surface area contributed by atoms with Crippen molar-refractivity contribution in [1.29, 1.82) is 0 Å². The van der Waals surface area contributed by atoms with E-state index in [9.17, 15) is 5.11 Å². The van der Waals surface area contributed by atoms with E-state index in [1.54, 1.807) is 0 Å². The van der Waals surface area contributed by atoms with Gasteiger partial charge in [0.1, 0.15) is 0 Å². The monoisotopic (exact) mass is 180 g/mol. The standard InChI is InChI=1S/C12H20O/c1-11(2)8-10(13)12(3)7-5-4-6-9(11)12/h5,7,9-10,13H,4,6,8H2,1-3H3/t9-,10+,12-/m0/s1. The van der Waals surface area contributed by atoms with Crippen LogP contribution in [0.1, 0.15) is 40.0 Å². The van der Waals surface area contributed by atoms with Gasteiger partial charge in [0.15, 0.2) is 0 Å².